The summed E-state index contributed by atoms with van der Waals surface area (Å²) in [6.45, 7) is 6.40. The van der Waals surface area contributed by atoms with Crippen molar-refractivity contribution in [1.29, 1.82) is 0 Å². The highest BCUT2D eigenvalue weighted by atomic mass is 19.1. The van der Waals surface area contributed by atoms with Crippen LogP contribution in [0.15, 0.2) is 59.6 Å². The molecule has 2 fully saturated rings. The molecule has 2 heterocycles. The molecule has 6 heteroatoms. The third-order valence-corrected chi connectivity index (χ3v) is 5.94. The molecule has 154 valence electrons. The summed E-state index contributed by atoms with van der Waals surface area (Å²) in [6.07, 6.45) is 1.19. The molecule has 0 bridgehead atoms. The fourth-order valence-electron chi connectivity index (χ4n) is 4.31. The van der Waals surface area contributed by atoms with Crippen molar-refractivity contribution in [3.05, 3.63) is 60.4 Å². The molecule has 0 spiro atoms. The lowest BCUT2D eigenvalue weighted by atomic mass is 10.1. The first-order valence-corrected chi connectivity index (χ1v) is 10.5. The molecule has 2 aliphatic rings. The highest BCUT2D eigenvalue weighted by Crippen LogP contribution is 2.23. The van der Waals surface area contributed by atoms with Crippen molar-refractivity contribution >= 4 is 17.3 Å². The van der Waals surface area contributed by atoms with Crippen molar-refractivity contribution in [3.63, 3.8) is 0 Å². The van der Waals surface area contributed by atoms with Gasteiger partial charge in [0.25, 0.3) is 0 Å². The third-order valence-electron chi connectivity index (χ3n) is 5.94. The number of para-hydroxylation sites is 2. The van der Waals surface area contributed by atoms with Gasteiger partial charge in [-0.15, -0.1) is 0 Å². The number of hydrogen-bond acceptors (Lipinski definition) is 3. The zero-order valence-electron chi connectivity index (χ0n) is 17.1. The topological polar surface area (TPSA) is 34.1 Å². The van der Waals surface area contributed by atoms with Crippen LogP contribution in [0.4, 0.5) is 15.8 Å². The largest absolute Gasteiger partial charge is 0.371 e. The van der Waals surface area contributed by atoms with Crippen molar-refractivity contribution in [3.8, 4) is 0 Å². The van der Waals surface area contributed by atoms with E-state index in [0.717, 1.165) is 51.8 Å². The summed E-state index contributed by atoms with van der Waals surface area (Å²) in [5.74, 6) is 1.43. The molecular weight excluding hydrogens is 365 g/mol. The molecule has 2 saturated heterocycles. The van der Waals surface area contributed by atoms with Crippen molar-refractivity contribution < 1.29 is 4.39 Å². The SMILES string of the molecule is CN=C(NCC1CCN(c2ccccc2)C1)N1CCN(c2ccccc2F)CC1. The predicted octanol–water partition coefficient (Wildman–Crippen LogP) is 3.05. The van der Waals surface area contributed by atoms with Crippen LogP contribution in [0, 0.1) is 11.7 Å². The summed E-state index contributed by atoms with van der Waals surface area (Å²) >= 11 is 0. The Morgan fingerprint density at radius 3 is 2.41 bits per heavy atom. The van der Waals surface area contributed by atoms with Gasteiger partial charge < -0.3 is 20.0 Å². The van der Waals surface area contributed by atoms with Gasteiger partial charge in [0.05, 0.1) is 5.69 Å². The van der Waals surface area contributed by atoms with Crippen molar-refractivity contribution in [2.24, 2.45) is 10.9 Å². The van der Waals surface area contributed by atoms with Crippen molar-refractivity contribution in [2.75, 3.05) is 62.7 Å². The van der Waals surface area contributed by atoms with E-state index in [1.165, 1.54) is 18.2 Å². The van der Waals surface area contributed by atoms with Gasteiger partial charge in [-0.1, -0.05) is 30.3 Å². The van der Waals surface area contributed by atoms with Gasteiger partial charge in [0.15, 0.2) is 5.96 Å². The highest BCUT2D eigenvalue weighted by molar-refractivity contribution is 5.80. The van der Waals surface area contributed by atoms with Gasteiger partial charge in [-0.3, -0.25) is 4.99 Å². The van der Waals surface area contributed by atoms with Gasteiger partial charge in [0, 0.05) is 58.5 Å². The van der Waals surface area contributed by atoms with E-state index < -0.39 is 0 Å². The summed E-state index contributed by atoms with van der Waals surface area (Å²) in [5, 5.41) is 3.58. The number of nitrogens with one attached hydrogen (secondary N) is 1. The van der Waals surface area contributed by atoms with Gasteiger partial charge >= 0.3 is 0 Å². The molecule has 1 unspecified atom stereocenters. The number of anilines is 2. The number of piperazine rings is 1. The third kappa shape index (κ3) is 4.63. The van der Waals surface area contributed by atoms with Crippen LogP contribution < -0.4 is 15.1 Å². The number of aliphatic imine (C=N–C) groups is 1. The first kappa shape index (κ1) is 19.6. The molecule has 2 aromatic rings. The van der Waals surface area contributed by atoms with Crippen LogP contribution in [0.25, 0.3) is 0 Å². The Bertz CT molecular complexity index is 817. The minimum Gasteiger partial charge on any atom is -0.371 e. The number of benzene rings is 2. The van der Waals surface area contributed by atoms with E-state index in [1.807, 2.05) is 19.2 Å². The standard InChI is InChI=1S/C23H30FN5/c1-25-23(26-17-19-11-12-29(18-19)20-7-3-2-4-8-20)28-15-13-27(14-16-28)22-10-6-5-9-21(22)24/h2-10,19H,11-18H2,1H3,(H,25,26). The lowest BCUT2D eigenvalue weighted by molar-refractivity contribution is 0.367. The van der Waals surface area contributed by atoms with Gasteiger partial charge in [-0.25, -0.2) is 4.39 Å². The molecular formula is C23H30FN5. The monoisotopic (exact) mass is 395 g/mol. The van der Waals surface area contributed by atoms with Crippen LogP contribution in [-0.2, 0) is 0 Å². The Labute approximate surface area is 172 Å². The maximum absolute atomic E-state index is 14.0. The number of rotatable bonds is 4. The van der Waals surface area contributed by atoms with Gasteiger partial charge in [0.2, 0.25) is 0 Å². The maximum atomic E-state index is 14.0. The van der Waals surface area contributed by atoms with Crippen LogP contribution >= 0.6 is 0 Å². The van der Waals surface area contributed by atoms with Crippen LogP contribution in [0.2, 0.25) is 0 Å². The second kappa shape index (κ2) is 9.16. The van der Waals surface area contributed by atoms with Crippen LogP contribution in [0.3, 0.4) is 0 Å². The molecule has 1 atom stereocenters. The predicted molar refractivity (Wildman–Crippen MR) is 118 cm³/mol. The summed E-state index contributed by atoms with van der Waals surface area (Å²) in [6, 6.07) is 17.7. The van der Waals surface area contributed by atoms with Gasteiger partial charge in [-0.2, -0.15) is 0 Å². The Balaban J connectivity index is 1.26. The van der Waals surface area contributed by atoms with E-state index in [1.54, 1.807) is 6.07 Å². The quantitative estimate of drug-likeness (QED) is 0.637. The summed E-state index contributed by atoms with van der Waals surface area (Å²) < 4.78 is 14.0. The fraction of sp³-hybridized carbons (Fsp3) is 0.435. The number of hydrogen-bond donors (Lipinski definition) is 1. The average Bonchev–Trinajstić information content (AvgIpc) is 3.25. The molecule has 29 heavy (non-hydrogen) atoms. The van der Waals surface area contributed by atoms with E-state index in [-0.39, 0.29) is 5.82 Å². The number of guanidine groups is 1. The molecule has 4 rings (SSSR count). The molecule has 0 saturated carbocycles. The van der Waals surface area contributed by atoms with Crippen LogP contribution in [0.1, 0.15) is 6.42 Å². The van der Waals surface area contributed by atoms with Gasteiger partial charge in [0.1, 0.15) is 5.82 Å². The van der Waals surface area contributed by atoms with Crippen molar-refractivity contribution in [1.82, 2.24) is 10.2 Å². The Kier molecular flexibility index (Phi) is 6.17. The zero-order chi connectivity index (χ0) is 20.1. The smallest absolute Gasteiger partial charge is 0.193 e. The summed E-state index contributed by atoms with van der Waals surface area (Å²) in [5.41, 5.74) is 2.01. The van der Waals surface area contributed by atoms with E-state index in [0.29, 0.717) is 11.6 Å². The summed E-state index contributed by atoms with van der Waals surface area (Å²) in [4.78, 5) is 11.3. The first-order valence-electron chi connectivity index (χ1n) is 10.5. The highest BCUT2D eigenvalue weighted by Gasteiger charge is 2.25. The Morgan fingerprint density at radius 2 is 1.69 bits per heavy atom. The minimum atomic E-state index is -0.146. The zero-order valence-corrected chi connectivity index (χ0v) is 17.1. The molecule has 5 nitrogen and oxygen atoms in total. The molecule has 2 aliphatic heterocycles. The van der Waals surface area contributed by atoms with Crippen molar-refractivity contribution in [2.45, 2.75) is 6.42 Å². The average molecular weight is 396 g/mol. The normalized spacial score (nSPS) is 20.3. The first-order chi connectivity index (χ1) is 14.2. The summed E-state index contributed by atoms with van der Waals surface area (Å²) in [7, 11) is 1.84. The van der Waals surface area contributed by atoms with E-state index in [4.69, 9.17) is 0 Å². The molecule has 0 radical (unpaired) electrons. The van der Waals surface area contributed by atoms with E-state index in [2.05, 4.69) is 55.3 Å². The molecule has 2 aromatic carbocycles. The maximum Gasteiger partial charge on any atom is 0.193 e. The molecule has 0 aliphatic carbocycles. The lowest BCUT2D eigenvalue weighted by Gasteiger charge is -2.38. The van der Waals surface area contributed by atoms with E-state index in [9.17, 15) is 4.39 Å². The second-order valence-electron chi connectivity index (χ2n) is 7.79. The fourth-order valence-corrected chi connectivity index (χ4v) is 4.31. The molecule has 0 amide bonds. The van der Waals surface area contributed by atoms with Gasteiger partial charge in [-0.05, 0) is 36.6 Å². The van der Waals surface area contributed by atoms with E-state index >= 15 is 0 Å². The van der Waals surface area contributed by atoms with Crippen LogP contribution in [0.5, 0.6) is 0 Å². The molecule has 0 aromatic heterocycles. The second-order valence-corrected chi connectivity index (χ2v) is 7.79. The number of nitrogens with zero attached hydrogens (tertiary/aromatic N) is 4. The van der Waals surface area contributed by atoms with Crippen LogP contribution in [-0.4, -0.2) is 63.7 Å². The number of halogens is 1. The Hall–Kier alpha value is -2.76. The molecule has 1 N–H and O–H groups in total. The lowest BCUT2D eigenvalue weighted by Crippen LogP contribution is -2.53. The minimum absolute atomic E-state index is 0.146. The Morgan fingerprint density at radius 1 is 0.966 bits per heavy atom.